The van der Waals surface area contributed by atoms with Crippen LogP contribution in [0.2, 0.25) is 0 Å². The maximum Gasteiger partial charge on any atom is 0.183 e. The maximum atomic E-state index is 5.15. The predicted molar refractivity (Wildman–Crippen MR) is 46.9 cm³/mol. The molecule has 11 heavy (non-hydrogen) atoms. The number of hydrogen-bond donors (Lipinski definition) is 0. The highest BCUT2D eigenvalue weighted by molar-refractivity contribution is 5.77. The van der Waals surface area contributed by atoms with Crippen molar-refractivity contribution in [3.05, 3.63) is 0 Å². The van der Waals surface area contributed by atoms with Crippen LogP contribution in [-0.4, -0.2) is 19.0 Å². The van der Waals surface area contributed by atoms with E-state index in [9.17, 15) is 0 Å². The van der Waals surface area contributed by atoms with Crippen LogP contribution in [0.1, 0.15) is 33.6 Å². The van der Waals surface area contributed by atoms with Gasteiger partial charge in [-0.05, 0) is 18.8 Å². The summed E-state index contributed by atoms with van der Waals surface area (Å²) in [6.07, 6.45) is 2.15. The van der Waals surface area contributed by atoms with E-state index in [1.807, 2.05) is 0 Å². The van der Waals surface area contributed by atoms with E-state index in [0.717, 1.165) is 12.3 Å². The Labute approximate surface area is 68.7 Å². The molecule has 0 N–H and O–H groups in total. The van der Waals surface area contributed by atoms with Crippen LogP contribution in [0, 0.1) is 5.41 Å². The average molecular weight is 155 g/mol. The Bertz CT molecular complexity index is 172. The molecule has 1 heterocycles. The Kier molecular flexibility index (Phi) is 2.21. The maximum absolute atomic E-state index is 5.15. The number of methoxy groups -OCH3 is 1. The summed E-state index contributed by atoms with van der Waals surface area (Å²) in [6.45, 7) is 6.66. The molecule has 0 aliphatic carbocycles. The molecule has 2 heteroatoms. The van der Waals surface area contributed by atoms with Crippen LogP contribution in [-0.2, 0) is 4.74 Å². The molecule has 2 nitrogen and oxygen atoms in total. The molecule has 0 aromatic heterocycles. The quantitative estimate of drug-likeness (QED) is 0.525. The topological polar surface area (TPSA) is 21.6 Å². The van der Waals surface area contributed by atoms with Gasteiger partial charge in [0.2, 0.25) is 0 Å². The van der Waals surface area contributed by atoms with Crippen molar-refractivity contribution in [3.8, 4) is 0 Å². The van der Waals surface area contributed by atoms with Crippen LogP contribution in [0.25, 0.3) is 0 Å². The first-order chi connectivity index (χ1) is 5.03. The van der Waals surface area contributed by atoms with Crippen molar-refractivity contribution in [2.24, 2.45) is 10.4 Å². The van der Waals surface area contributed by atoms with Crippen molar-refractivity contribution >= 4 is 5.90 Å². The minimum absolute atomic E-state index is 0.368. The van der Waals surface area contributed by atoms with Gasteiger partial charge in [-0.3, -0.25) is 4.99 Å². The SMILES string of the molecule is COC1=N[C@H](C)CC(C)(C)C1. The summed E-state index contributed by atoms with van der Waals surface area (Å²) in [5.41, 5.74) is 0.368. The van der Waals surface area contributed by atoms with E-state index in [1.54, 1.807) is 7.11 Å². The minimum Gasteiger partial charge on any atom is -0.484 e. The van der Waals surface area contributed by atoms with Crippen molar-refractivity contribution in [2.75, 3.05) is 7.11 Å². The Balaban J connectivity index is 2.70. The normalized spacial score (nSPS) is 29.5. The average Bonchev–Trinajstić information content (AvgIpc) is 1.83. The zero-order valence-corrected chi connectivity index (χ0v) is 7.85. The van der Waals surface area contributed by atoms with Gasteiger partial charge in [-0.1, -0.05) is 13.8 Å². The molecule has 0 bridgehead atoms. The van der Waals surface area contributed by atoms with Gasteiger partial charge in [0, 0.05) is 6.42 Å². The number of ether oxygens (including phenoxy) is 1. The number of aliphatic imine (C=N–C) groups is 1. The van der Waals surface area contributed by atoms with Gasteiger partial charge in [-0.2, -0.15) is 0 Å². The van der Waals surface area contributed by atoms with Crippen LogP contribution in [0.4, 0.5) is 0 Å². The first-order valence-electron chi connectivity index (χ1n) is 4.14. The summed E-state index contributed by atoms with van der Waals surface area (Å²) in [7, 11) is 1.70. The second-order valence-electron chi connectivity index (χ2n) is 4.12. The Morgan fingerprint density at radius 1 is 1.55 bits per heavy atom. The lowest BCUT2D eigenvalue weighted by Crippen LogP contribution is -2.28. The van der Waals surface area contributed by atoms with E-state index < -0.39 is 0 Å². The molecule has 0 fully saturated rings. The molecule has 0 radical (unpaired) electrons. The van der Waals surface area contributed by atoms with Gasteiger partial charge in [0.1, 0.15) is 0 Å². The van der Waals surface area contributed by atoms with Crippen LogP contribution >= 0.6 is 0 Å². The lowest BCUT2D eigenvalue weighted by molar-refractivity contribution is 0.263. The van der Waals surface area contributed by atoms with Gasteiger partial charge < -0.3 is 4.74 Å². The van der Waals surface area contributed by atoms with Crippen LogP contribution in [0.15, 0.2) is 4.99 Å². The summed E-state index contributed by atoms with van der Waals surface area (Å²) in [6, 6.07) is 0.425. The largest absolute Gasteiger partial charge is 0.484 e. The lowest BCUT2D eigenvalue weighted by Gasteiger charge is -2.31. The Morgan fingerprint density at radius 3 is 2.64 bits per heavy atom. The molecular formula is C9H17NO. The lowest BCUT2D eigenvalue weighted by atomic mass is 9.81. The van der Waals surface area contributed by atoms with Crippen LogP contribution in [0.5, 0.6) is 0 Å². The van der Waals surface area contributed by atoms with E-state index in [1.165, 1.54) is 6.42 Å². The Hall–Kier alpha value is -0.530. The molecule has 1 rings (SSSR count). The van der Waals surface area contributed by atoms with Gasteiger partial charge in [-0.25, -0.2) is 0 Å². The molecule has 0 saturated heterocycles. The van der Waals surface area contributed by atoms with Crippen molar-refractivity contribution in [3.63, 3.8) is 0 Å². The van der Waals surface area contributed by atoms with E-state index >= 15 is 0 Å². The molecule has 1 aliphatic rings. The highest BCUT2D eigenvalue weighted by Gasteiger charge is 2.28. The van der Waals surface area contributed by atoms with Crippen molar-refractivity contribution in [1.82, 2.24) is 0 Å². The fourth-order valence-electron chi connectivity index (χ4n) is 1.74. The highest BCUT2D eigenvalue weighted by atomic mass is 16.5. The minimum atomic E-state index is 0.368. The number of hydrogen-bond acceptors (Lipinski definition) is 2. The van der Waals surface area contributed by atoms with E-state index in [4.69, 9.17) is 4.74 Å². The molecule has 64 valence electrons. The van der Waals surface area contributed by atoms with Gasteiger partial charge in [-0.15, -0.1) is 0 Å². The van der Waals surface area contributed by atoms with Gasteiger partial charge in [0.05, 0.1) is 13.2 Å². The third kappa shape index (κ3) is 2.21. The fraction of sp³-hybridized carbons (Fsp3) is 0.889. The first kappa shape index (κ1) is 8.57. The van der Waals surface area contributed by atoms with Crippen molar-refractivity contribution in [2.45, 2.75) is 39.7 Å². The van der Waals surface area contributed by atoms with Gasteiger partial charge >= 0.3 is 0 Å². The zero-order chi connectivity index (χ0) is 8.48. The molecule has 1 aliphatic heterocycles. The summed E-state index contributed by atoms with van der Waals surface area (Å²) in [4.78, 5) is 4.39. The number of nitrogens with zero attached hydrogens (tertiary/aromatic N) is 1. The summed E-state index contributed by atoms with van der Waals surface area (Å²) >= 11 is 0. The fourth-order valence-corrected chi connectivity index (χ4v) is 1.74. The van der Waals surface area contributed by atoms with Gasteiger partial charge in [0.25, 0.3) is 0 Å². The van der Waals surface area contributed by atoms with E-state index in [0.29, 0.717) is 11.5 Å². The molecular weight excluding hydrogens is 138 g/mol. The van der Waals surface area contributed by atoms with Crippen molar-refractivity contribution in [1.29, 1.82) is 0 Å². The first-order valence-corrected chi connectivity index (χ1v) is 4.14. The van der Waals surface area contributed by atoms with Gasteiger partial charge in [0.15, 0.2) is 5.90 Å². The summed E-state index contributed by atoms with van der Waals surface area (Å²) < 4.78 is 5.15. The van der Waals surface area contributed by atoms with E-state index in [-0.39, 0.29) is 0 Å². The highest BCUT2D eigenvalue weighted by Crippen LogP contribution is 2.32. The smallest absolute Gasteiger partial charge is 0.183 e. The van der Waals surface area contributed by atoms with Crippen LogP contribution < -0.4 is 0 Å². The molecule has 0 aromatic rings. The standard InChI is InChI=1S/C9H17NO/c1-7-5-9(2,3)6-8(10-7)11-4/h7H,5-6H2,1-4H3/t7-/m1/s1. The predicted octanol–water partition coefficient (Wildman–Crippen LogP) is 2.24. The summed E-state index contributed by atoms with van der Waals surface area (Å²) in [5.74, 6) is 0.911. The molecule has 1 atom stereocenters. The van der Waals surface area contributed by atoms with Crippen molar-refractivity contribution < 1.29 is 4.74 Å². The van der Waals surface area contributed by atoms with E-state index in [2.05, 4.69) is 25.8 Å². The summed E-state index contributed by atoms with van der Waals surface area (Å²) in [5, 5.41) is 0. The second kappa shape index (κ2) is 2.84. The second-order valence-corrected chi connectivity index (χ2v) is 4.12. The Morgan fingerprint density at radius 2 is 2.18 bits per heavy atom. The number of rotatable bonds is 0. The molecule has 0 aromatic carbocycles. The monoisotopic (exact) mass is 155 g/mol. The molecule has 0 amide bonds. The molecule has 0 unspecified atom stereocenters. The molecule has 0 spiro atoms. The van der Waals surface area contributed by atoms with Crippen LogP contribution in [0.3, 0.4) is 0 Å². The third-order valence-corrected chi connectivity index (χ3v) is 2.08. The third-order valence-electron chi connectivity index (χ3n) is 2.08. The molecule has 0 saturated carbocycles. The zero-order valence-electron chi connectivity index (χ0n) is 7.85.